The molecule has 8 heteroatoms. The second-order valence-electron chi connectivity index (χ2n) is 8.62. The molecule has 2 amide bonds. The Morgan fingerprint density at radius 3 is 2.28 bits per heavy atom. The Kier molecular flexibility index (Phi) is 5.93. The van der Waals surface area contributed by atoms with Crippen LogP contribution in [0.2, 0.25) is 0 Å². The van der Waals surface area contributed by atoms with E-state index in [-0.39, 0.29) is 16.8 Å². The van der Waals surface area contributed by atoms with Gasteiger partial charge >= 0.3 is 5.91 Å². The number of nitrogens with zero attached hydrogens (tertiary/aromatic N) is 3. The van der Waals surface area contributed by atoms with Crippen molar-refractivity contribution in [3.05, 3.63) is 112 Å². The topological polar surface area (TPSA) is 79.1 Å². The molecule has 0 saturated heterocycles. The standard InChI is InChI=1S/C28H23FN4O3/c1-3-8-22-23(27(35)33(30-22)20-13-11-19(29)12-14-20)24-25(31-15-5-4-6-16-31)28(36)32(26(24)34)21-10-7-9-18(2)17-21/h4-7,9-17H,3,8H2,1-2H3/p+1. The van der Waals surface area contributed by atoms with Crippen LogP contribution in [0.4, 0.5) is 10.1 Å². The van der Waals surface area contributed by atoms with Crippen LogP contribution in [0.3, 0.4) is 0 Å². The normalized spacial score (nSPS) is 13.7. The Bertz CT molecular complexity index is 1570. The summed E-state index contributed by atoms with van der Waals surface area (Å²) in [5, 5.41) is 3.09. The third-order valence-electron chi connectivity index (χ3n) is 6.09. The van der Waals surface area contributed by atoms with E-state index in [2.05, 4.69) is 5.10 Å². The predicted octanol–water partition coefficient (Wildman–Crippen LogP) is 3.79. The Hall–Kier alpha value is -4.59. The summed E-state index contributed by atoms with van der Waals surface area (Å²) in [6.07, 6.45) is 4.51. The minimum Gasteiger partial charge on any atom is -0.294 e. The lowest BCUT2D eigenvalue weighted by Crippen LogP contribution is -2.39. The highest BCUT2D eigenvalue weighted by atomic mass is 19.1. The largest absolute Gasteiger partial charge is 0.331 e. The van der Waals surface area contributed by atoms with Crippen molar-refractivity contribution < 1.29 is 18.5 Å². The Morgan fingerprint density at radius 2 is 1.61 bits per heavy atom. The monoisotopic (exact) mass is 483 g/mol. The SMILES string of the molecule is CCCc1[nH]n(-c2ccc(F)cc2)c(=O)c1C1=C([n+]2ccccc2)C(=O)N(c2cccc(C)c2)C1=O. The predicted molar refractivity (Wildman–Crippen MR) is 134 cm³/mol. The average molecular weight is 484 g/mol. The van der Waals surface area contributed by atoms with Crippen LogP contribution in [0.5, 0.6) is 0 Å². The molecule has 36 heavy (non-hydrogen) atoms. The first-order valence-electron chi connectivity index (χ1n) is 11.7. The molecule has 0 atom stereocenters. The average Bonchev–Trinajstić information content (AvgIpc) is 3.32. The molecule has 0 radical (unpaired) electrons. The van der Waals surface area contributed by atoms with Crippen LogP contribution in [0, 0.1) is 12.7 Å². The Balaban J connectivity index is 1.77. The quantitative estimate of drug-likeness (QED) is 0.335. The second kappa shape index (κ2) is 9.22. The summed E-state index contributed by atoms with van der Waals surface area (Å²) in [5.74, 6) is -1.52. The number of carbonyl (C=O) groups is 2. The maximum atomic E-state index is 13.9. The van der Waals surface area contributed by atoms with Crippen molar-refractivity contribution in [3.63, 3.8) is 0 Å². The number of pyridine rings is 1. The number of aromatic amines is 1. The van der Waals surface area contributed by atoms with E-state index in [4.69, 9.17) is 0 Å². The molecule has 1 aliphatic rings. The zero-order valence-corrected chi connectivity index (χ0v) is 19.9. The summed E-state index contributed by atoms with van der Waals surface area (Å²) in [6.45, 7) is 3.84. The van der Waals surface area contributed by atoms with Gasteiger partial charge in [0.15, 0.2) is 12.4 Å². The number of imide groups is 1. The zero-order chi connectivity index (χ0) is 25.4. The van der Waals surface area contributed by atoms with Crippen molar-refractivity contribution in [1.82, 2.24) is 9.78 Å². The van der Waals surface area contributed by atoms with Crippen LogP contribution in [-0.2, 0) is 16.0 Å². The highest BCUT2D eigenvalue weighted by Gasteiger charge is 2.48. The molecule has 0 unspecified atom stereocenters. The number of nitrogens with one attached hydrogen (secondary N) is 1. The van der Waals surface area contributed by atoms with Gasteiger partial charge in [0.25, 0.3) is 17.2 Å². The molecule has 1 aliphatic heterocycles. The van der Waals surface area contributed by atoms with Crippen molar-refractivity contribution in [2.45, 2.75) is 26.7 Å². The number of benzene rings is 2. The maximum Gasteiger partial charge on any atom is 0.331 e. The number of anilines is 1. The first-order valence-corrected chi connectivity index (χ1v) is 11.7. The summed E-state index contributed by atoms with van der Waals surface area (Å²) in [7, 11) is 0. The summed E-state index contributed by atoms with van der Waals surface area (Å²) < 4.78 is 16.4. The smallest absolute Gasteiger partial charge is 0.294 e. The van der Waals surface area contributed by atoms with E-state index in [0.29, 0.717) is 29.9 Å². The zero-order valence-electron chi connectivity index (χ0n) is 19.9. The molecule has 4 aromatic rings. The van der Waals surface area contributed by atoms with Gasteiger partial charge in [0.2, 0.25) is 0 Å². The number of rotatable bonds is 6. The van der Waals surface area contributed by atoms with Crippen molar-refractivity contribution in [2.24, 2.45) is 0 Å². The van der Waals surface area contributed by atoms with Gasteiger partial charge in [0.1, 0.15) is 11.4 Å². The number of amides is 2. The highest BCUT2D eigenvalue weighted by molar-refractivity contribution is 6.53. The molecule has 3 heterocycles. The first-order chi connectivity index (χ1) is 17.4. The molecule has 0 saturated carbocycles. The summed E-state index contributed by atoms with van der Waals surface area (Å²) in [4.78, 5) is 42.6. The fraction of sp³-hybridized carbons (Fsp3) is 0.143. The molecular formula is C28H24FN4O3+. The van der Waals surface area contributed by atoms with Gasteiger partial charge in [0.05, 0.1) is 16.9 Å². The Morgan fingerprint density at radius 1 is 0.889 bits per heavy atom. The molecule has 0 bridgehead atoms. The van der Waals surface area contributed by atoms with Crippen molar-refractivity contribution in [2.75, 3.05) is 4.90 Å². The highest BCUT2D eigenvalue weighted by Crippen LogP contribution is 2.34. The van der Waals surface area contributed by atoms with Crippen LogP contribution >= 0.6 is 0 Å². The minimum absolute atomic E-state index is 0.0308. The van der Waals surface area contributed by atoms with E-state index >= 15 is 0 Å². The molecule has 1 N–H and O–H groups in total. The number of hydrogen-bond donors (Lipinski definition) is 1. The van der Waals surface area contributed by atoms with E-state index in [0.717, 1.165) is 10.5 Å². The fourth-order valence-electron chi connectivity index (χ4n) is 4.48. The van der Waals surface area contributed by atoms with Crippen molar-refractivity contribution >= 4 is 28.8 Å². The number of aryl methyl sites for hydroxylation is 2. The second-order valence-corrected chi connectivity index (χ2v) is 8.62. The fourth-order valence-corrected chi connectivity index (χ4v) is 4.48. The molecular weight excluding hydrogens is 459 g/mol. The van der Waals surface area contributed by atoms with E-state index < -0.39 is 23.2 Å². The van der Waals surface area contributed by atoms with Crippen LogP contribution in [0.25, 0.3) is 17.0 Å². The lowest BCUT2D eigenvalue weighted by Gasteiger charge is -2.14. The molecule has 180 valence electrons. The van der Waals surface area contributed by atoms with Gasteiger partial charge in [-0.3, -0.25) is 19.5 Å². The van der Waals surface area contributed by atoms with Crippen LogP contribution in [0.1, 0.15) is 30.2 Å². The van der Waals surface area contributed by atoms with Gasteiger partial charge < -0.3 is 0 Å². The van der Waals surface area contributed by atoms with E-state index in [1.807, 2.05) is 19.9 Å². The van der Waals surface area contributed by atoms with Crippen LogP contribution in [0.15, 0.2) is 83.9 Å². The third kappa shape index (κ3) is 3.86. The van der Waals surface area contributed by atoms with Gasteiger partial charge in [-0.25, -0.2) is 14.0 Å². The molecule has 2 aromatic heterocycles. The van der Waals surface area contributed by atoms with E-state index in [1.165, 1.54) is 28.9 Å². The number of aromatic nitrogens is 3. The number of H-pyrrole nitrogens is 1. The Labute approximate surface area is 206 Å². The third-order valence-corrected chi connectivity index (χ3v) is 6.09. The molecule has 7 nitrogen and oxygen atoms in total. The molecule has 0 spiro atoms. The molecule has 5 rings (SSSR count). The minimum atomic E-state index is -0.573. The van der Waals surface area contributed by atoms with Gasteiger partial charge in [-0.1, -0.05) is 31.5 Å². The number of carbonyl (C=O) groups excluding carboxylic acids is 2. The van der Waals surface area contributed by atoms with Crippen molar-refractivity contribution in [3.8, 4) is 5.69 Å². The lowest BCUT2D eigenvalue weighted by atomic mass is 10.0. The van der Waals surface area contributed by atoms with Crippen LogP contribution in [-0.4, -0.2) is 21.6 Å². The number of halogens is 1. The van der Waals surface area contributed by atoms with Gasteiger partial charge in [-0.2, -0.15) is 4.57 Å². The van der Waals surface area contributed by atoms with E-state index in [9.17, 15) is 18.8 Å². The molecule has 2 aromatic carbocycles. The van der Waals surface area contributed by atoms with Gasteiger partial charge in [0, 0.05) is 17.8 Å². The van der Waals surface area contributed by atoms with Crippen LogP contribution < -0.4 is 15.0 Å². The maximum absolute atomic E-state index is 13.9. The first kappa shape index (κ1) is 23.2. The van der Waals surface area contributed by atoms with E-state index in [1.54, 1.807) is 53.4 Å². The molecule has 0 aliphatic carbocycles. The van der Waals surface area contributed by atoms with Gasteiger partial charge in [-0.05, 0) is 55.3 Å². The summed E-state index contributed by atoms with van der Waals surface area (Å²) >= 11 is 0. The summed E-state index contributed by atoms with van der Waals surface area (Å²) in [5.41, 5.74) is 2.06. The summed E-state index contributed by atoms with van der Waals surface area (Å²) in [6, 6.07) is 17.9. The molecule has 0 fully saturated rings. The van der Waals surface area contributed by atoms with Gasteiger partial charge in [-0.15, -0.1) is 0 Å². The van der Waals surface area contributed by atoms with Crippen molar-refractivity contribution in [1.29, 1.82) is 0 Å². The number of hydrogen-bond acceptors (Lipinski definition) is 3. The lowest BCUT2D eigenvalue weighted by molar-refractivity contribution is -0.576.